The van der Waals surface area contributed by atoms with Crippen molar-refractivity contribution in [3.63, 3.8) is 0 Å². The van der Waals surface area contributed by atoms with Gasteiger partial charge in [0.25, 0.3) is 0 Å². The molecule has 1 fully saturated rings. The molecule has 0 N–H and O–H groups in total. The predicted octanol–water partition coefficient (Wildman–Crippen LogP) is 1.54. The van der Waals surface area contributed by atoms with Gasteiger partial charge in [-0.15, -0.1) is 0 Å². The lowest BCUT2D eigenvalue weighted by Gasteiger charge is -2.14. The normalized spacial score (nSPS) is 15.7. The molecule has 1 aliphatic rings. The Labute approximate surface area is 104 Å². The zero-order valence-corrected chi connectivity index (χ0v) is 9.80. The molecule has 0 saturated carbocycles. The highest BCUT2D eigenvalue weighted by Gasteiger charge is 2.27. The lowest BCUT2D eigenvalue weighted by atomic mass is 10.1. The van der Waals surface area contributed by atoms with Crippen LogP contribution in [0.4, 0.5) is 0 Å². The van der Waals surface area contributed by atoms with Crippen LogP contribution >= 0.6 is 0 Å². The summed E-state index contributed by atoms with van der Waals surface area (Å²) >= 11 is 0. The van der Waals surface area contributed by atoms with Gasteiger partial charge < -0.3 is 4.90 Å². The molecule has 0 aliphatic carbocycles. The zero-order chi connectivity index (χ0) is 12.5. The van der Waals surface area contributed by atoms with Crippen molar-refractivity contribution in [3.05, 3.63) is 42.1 Å². The SMILES string of the molecule is O=C1CC(=O)N(Cc2cnc3ccccc3c2)C1. The number of para-hydroxylation sites is 1. The summed E-state index contributed by atoms with van der Waals surface area (Å²) in [5, 5.41) is 1.05. The molecular formula is C14H12N2O2. The second kappa shape index (κ2) is 4.22. The third-order valence-electron chi connectivity index (χ3n) is 3.09. The smallest absolute Gasteiger partial charge is 0.230 e. The molecule has 1 aromatic carbocycles. The minimum absolute atomic E-state index is 0.00579. The molecular weight excluding hydrogens is 228 g/mol. The number of likely N-dealkylation sites (tertiary alicyclic amines) is 1. The number of benzene rings is 1. The molecule has 1 aromatic heterocycles. The van der Waals surface area contributed by atoms with Gasteiger partial charge in [0.2, 0.25) is 5.91 Å². The van der Waals surface area contributed by atoms with Gasteiger partial charge in [-0.25, -0.2) is 0 Å². The average molecular weight is 240 g/mol. The van der Waals surface area contributed by atoms with E-state index in [1.54, 1.807) is 11.1 Å². The summed E-state index contributed by atoms with van der Waals surface area (Å²) < 4.78 is 0. The van der Waals surface area contributed by atoms with Gasteiger partial charge in [0.1, 0.15) is 0 Å². The van der Waals surface area contributed by atoms with Crippen LogP contribution in [0.25, 0.3) is 10.9 Å². The van der Waals surface area contributed by atoms with Crippen molar-refractivity contribution < 1.29 is 9.59 Å². The number of fused-ring (bicyclic) bond motifs is 1. The third kappa shape index (κ3) is 1.97. The Kier molecular flexibility index (Phi) is 2.55. The van der Waals surface area contributed by atoms with E-state index in [0.717, 1.165) is 16.5 Å². The number of aromatic nitrogens is 1. The van der Waals surface area contributed by atoms with Gasteiger partial charge in [-0.1, -0.05) is 18.2 Å². The second-order valence-electron chi connectivity index (χ2n) is 4.50. The summed E-state index contributed by atoms with van der Waals surface area (Å²) in [6, 6.07) is 9.85. The Morgan fingerprint density at radius 2 is 2.06 bits per heavy atom. The fourth-order valence-electron chi connectivity index (χ4n) is 2.20. The molecule has 1 saturated heterocycles. The van der Waals surface area contributed by atoms with Crippen LogP contribution in [0.15, 0.2) is 36.5 Å². The fourth-order valence-corrected chi connectivity index (χ4v) is 2.20. The topological polar surface area (TPSA) is 50.3 Å². The predicted molar refractivity (Wildman–Crippen MR) is 66.8 cm³/mol. The highest BCUT2D eigenvalue weighted by Crippen LogP contribution is 2.16. The summed E-state index contributed by atoms with van der Waals surface area (Å²) in [4.78, 5) is 28.6. The highest BCUT2D eigenvalue weighted by molar-refractivity contribution is 6.05. The molecule has 18 heavy (non-hydrogen) atoms. The molecule has 0 spiro atoms. The maximum absolute atomic E-state index is 11.5. The second-order valence-corrected chi connectivity index (χ2v) is 4.50. The number of carbonyl (C=O) groups is 2. The van der Waals surface area contributed by atoms with E-state index in [2.05, 4.69) is 4.98 Å². The van der Waals surface area contributed by atoms with E-state index in [4.69, 9.17) is 0 Å². The zero-order valence-electron chi connectivity index (χ0n) is 9.80. The number of amides is 1. The first-order valence-corrected chi connectivity index (χ1v) is 5.85. The maximum atomic E-state index is 11.5. The van der Waals surface area contributed by atoms with Crippen LogP contribution in [0, 0.1) is 0 Å². The van der Waals surface area contributed by atoms with Gasteiger partial charge in [-0.05, 0) is 17.7 Å². The van der Waals surface area contributed by atoms with Crippen LogP contribution in [-0.2, 0) is 16.1 Å². The van der Waals surface area contributed by atoms with E-state index in [1.165, 1.54) is 0 Å². The van der Waals surface area contributed by atoms with Gasteiger partial charge >= 0.3 is 0 Å². The van der Waals surface area contributed by atoms with E-state index in [0.29, 0.717) is 6.54 Å². The van der Waals surface area contributed by atoms with E-state index in [-0.39, 0.29) is 24.7 Å². The van der Waals surface area contributed by atoms with Crippen molar-refractivity contribution in [3.8, 4) is 0 Å². The number of carbonyl (C=O) groups excluding carboxylic acids is 2. The van der Waals surface area contributed by atoms with Gasteiger partial charge in [0, 0.05) is 18.1 Å². The van der Waals surface area contributed by atoms with Crippen LogP contribution in [0.3, 0.4) is 0 Å². The largest absolute Gasteiger partial charge is 0.331 e. The number of hydrogen-bond donors (Lipinski definition) is 0. The third-order valence-corrected chi connectivity index (χ3v) is 3.09. The minimum atomic E-state index is -0.0897. The number of Topliss-reactive ketones (excluding diaryl/α,β-unsaturated/α-hetero) is 1. The first-order chi connectivity index (χ1) is 8.72. The molecule has 90 valence electrons. The molecule has 1 aliphatic heterocycles. The van der Waals surface area contributed by atoms with Gasteiger partial charge in [0.05, 0.1) is 18.5 Å². The molecule has 0 bridgehead atoms. The van der Waals surface area contributed by atoms with E-state index in [1.807, 2.05) is 30.3 Å². The Morgan fingerprint density at radius 3 is 2.83 bits per heavy atom. The first kappa shape index (κ1) is 10.9. The molecule has 0 unspecified atom stereocenters. The minimum Gasteiger partial charge on any atom is -0.331 e. The Morgan fingerprint density at radius 1 is 1.22 bits per heavy atom. The Balaban J connectivity index is 1.87. The summed E-state index contributed by atoms with van der Waals surface area (Å²) in [5.41, 5.74) is 1.89. The van der Waals surface area contributed by atoms with Crippen molar-refractivity contribution in [1.29, 1.82) is 0 Å². The van der Waals surface area contributed by atoms with Crippen molar-refractivity contribution in [1.82, 2.24) is 9.88 Å². The van der Waals surface area contributed by atoms with Crippen molar-refractivity contribution in [2.24, 2.45) is 0 Å². The molecule has 0 radical (unpaired) electrons. The highest BCUT2D eigenvalue weighted by atomic mass is 16.2. The van der Waals surface area contributed by atoms with Crippen molar-refractivity contribution >= 4 is 22.6 Å². The summed E-state index contributed by atoms with van der Waals surface area (Å²) in [6.07, 6.45) is 1.80. The van der Waals surface area contributed by atoms with Gasteiger partial charge in [-0.3, -0.25) is 14.6 Å². The van der Waals surface area contributed by atoms with E-state index in [9.17, 15) is 9.59 Å². The maximum Gasteiger partial charge on any atom is 0.230 e. The van der Waals surface area contributed by atoms with Crippen LogP contribution in [0.5, 0.6) is 0 Å². The Hall–Kier alpha value is -2.23. The van der Waals surface area contributed by atoms with E-state index >= 15 is 0 Å². The molecule has 4 heteroatoms. The molecule has 4 nitrogen and oxygen atoms in total. The summed E-state index contributed by atoms with van der Waals surface area (Å²) in [6.45, 7) is 0.689. The van der Waals surface area contributed by atoms with Gasteiger partial charge in [0.15, 0.2) is 5.78 Å². The number of rotatable bonds is 2. The number of pyridine rings is 1. The fraction of sp³-hybridized carbons (Fsp3) is 0.214. The van der Waals surface area contributed by atoms with Crippen LogP contribution in [0.2, 0.25) is 0 Å². The number of hydrogen-bond acceptors (Lipinski definition) is 3. The summed E-state index contributed by atoms with van der Waals surface area (Å²) in [7, 11) is 0. The van der Waals surface area contributed by atoms with Crippen LogP contribution in [-0.4, -0.2) is 28.1 Å². The lowest BCUT2D eigenvalue weighted by Crippen LogP contribution is -2.24. The molecule has 3 rings (SSSR count). The standard InChI is InChI=1S/C14H12N2O2/c17-12-6-14(18)16(9-12)8-10-5-11-3-1-2-4-13(11)15-7-10/h1-5,7H,6,8-9H2. The van der Waals surface area contributed by atoms with Crippen LogP contribution < -0.4 is 0 Å². The van der Waals surface area contributed by atoms with Crippen molar-refractivity contribution in [2.45, 2.75) is 13.0 Å². The number of ketones is 1. The van der Waals surface area contributed by atoms with E-state index < -0.39 is 0 Å². The molecule has 2 aromatic rings. The van der Waals surface area contributed by atoms with Gasteiger partial charge in [-0.2, -0.15) is 0 Å². The molecule has 2 heterocycles. The lowest BCUT2D eigenvalue weighted by molar-refractivity contribution is -0.128. The van der Waals surface area contributed by atoms with Crippen LogP contribution in [0.1, 0.15) is 12.0 Å². The molecule has 1 amide bonds. The quantitative estimate of drug-likeness (QED) is 0.748. The molecule has 0 atom stereocenters. The average Bonchev–Trinajstić information content (AvgIpc) is 2.68. The van der Waals surface area contributed by atoms with Crippen molar-refractivity contribution in [2.75, 3.05) is 6.54 Å². The number of nitrogens with zero attached hydrogens (tertiary/aromatic N) is 2. The summed E-state index contributed by atoms with van der Waals surface area (Å²) in [5.74, 6) is -0.0955. The monoisotopic (exact) mass is 240 g/mol. The Bertz CT molecular complexity index is 636. The first-order valence-electron chi connectivity index (χ1n) is 5.85.